The SMILES string of the molecule is O=C(NCCN1CCCCC1)NC1CCN(c2ccccc2)C1=O. The zero-order chi connectivity index (χ0) is 16.8. The number of amides is 3. The van der Waals surface area contributed by atoms with Gasteiger partial charge >= 0.3 is 6.03 Å². The minimum absolute atomic E-state index is 0.0348. The first-order valence-corrected chi connectivity index (χ1v) is 8.87. The van der Waals surface area contributed by atoms with Crippen molar-refractivity contribution in [3.05, 3.63) is 30.3 Å². The van der Waals surface area contributed by atoms with Gasteiger partial charge in [0, 0.05) is 25.3 Å². The van der Waals surface area contributed by atoms with Crippen molar-refractivity contribution in [1.29, 1.82) is 0 Å². The zero-order valence-electron chi connectivity index (χ0n) is 14.0. The number of benzene rings is 1. The van der Waals surface area contributed by atoms with Crippen LogP contribution in [0.25, 0.3) is 0 Å². The molecule has 2 aliphatic rings. The molecule has 24 heavy (non-hydrogen) atoms. The highest BCUT2D eigenvalue weighted by Gasteiger charge is 2.33. The summed E-state index contributed by atoms with van der Waals surface area (Å²) in [6, 6.07) is 8.90. The van der Waals surface area contributed by atoms with Gasteiger partial charge in [0.2, 0.25) is 5.91 Å². The van der Waals surface area contributed by atoms with Crippen molar-refractivity contribution in [1.82, 2.24) is 15.5 Å². The lowest BCUT2D eigenvalue weighted by Gasteiger charge is -2.26. The Hall–Kier alpha value is -2.08. The van der Waals surface area contributed by atoms with Crippen molar-refractivity contribution in [3.8, 4) is 0 Å². The molecule has 2 fully saturated rings. The van der Waals surface area contributed by atoms with Gasteiger partial charge in [-0.2, -0.15) is 0 Å². The number of piperidine rings is 1. The fraction of sp³-hybridized carbons (Fsp3) is 0.556. The molecule has 0 aromatic heterocycles. The smallest absolute Gasteiger partial charge is 0.315 e. The number of anilines is 1. The molecular formula is C18H26N4O2. The predicted octanol–water partition coefficient (Wildman–Crippen LogP) is 1.58. The summed E-state index contributed by atoms with van der Waals surface area (Å²) in [6.07, 6.45) is 4.45. The quantitative estimate of drug-likeness (QED) is 0.861. The van der Waals surface area contributed by atoms with E-state index < -0.39 is 6.04 Å². The predicted molar refractivity (Wildman–Crippen MR) is 94.0 cm³/mol. The number of likely N-dealkylation sites (tertiary alicyclic amines) is 1. The Morgan fingerprint density at radius 3 is 2.58 bits per heavy atom. The van der Waals surface area contributed by atoms with E-state index in [2.05, 4.69) is 15.5 Å². The maximum Gasteiger partial charge on any atom is 0.315 e. The third-order valence-corrected chi connectivity index (χ3v) is 4.74. The lowest BCUT2D eigenvalue weighted by Crippen LogP contribution is -2.48. The Kier molecular flexibility index (Phi) is 5.69. The van der Waals surface area contributed by atoms with Gasteiger partial charge in [-0.25, -0.2) is 4.79 Å². The van der Waals surface area contributed by atoms with E-state index >= 15 is 0 Å². The van der Waals surface area contributed by atoms with E-state index in [1.54, 1.807) is 4.90 Å². The van der Waals surface area contributed by atoms with Gasteiger partial charge in [-0.1, -0.05) is 24.6 Å². The van der Waals surface area contributed by atoms with Crippen molar-refractivity contribution in [3.63, 3.8) is 0 Å². The number of carbonyl (C=O) groups is 2. The molecule has 2 aliphatic heterocycles. The summed E-state index contributed by atoms with van der Waals surface area (Å²) < 4.78 is 0. The van der Waals surface area contributed by atoms with Crippen LogP contribution in [-0.4, -0.2) is 55.6 Å². The summed E-state index contributed by atoms with van der Waals surface area (Å²) in [4.78, 5) is 28.6. The van der Waals surface area contributed by atoms with Crippen LogP contribution in [0.5, 0.6) is 0 Å². The fourth-order valence-corrected chi connectivity index (χ4v) is 3.40. The van der Waals surface area contributed by atoms with Gasteiger partial charge in [0.25, 0.3) is 0 Å². The summed E-state index contributed by atoms with van der Waals surface area (Å²) in [7, 11) is 0. The minimum atomic E-state index is -0.430. The molecule has 1 aromatic rings. The molecule has 2 N–H and O–H groups in total. The third kappa shape index (κ3) is 4.26. The number of carbonyl (C=O) groups excluding carboxylic acids is 2. The van der Waals surface area contributed by atoms with Crippen molar-refractivity contribution in [2.24, 2.45) is 0 Å². The number of hydrogen-bond donors (Lipinski definition) is 2. The lowest BCUT2D eigenvalue weighted by atomic mass is 10.1. The van der Waals surface area contributed by atoms with E-state index in [4.69, 9.17) is 0 Å². The number of rotatable bonds is 5. The van der Waals surface area contributed by atoms with Gasteiger partial charge in [-0.05, 0) is 44.5 Å². The third-order valence-electron chi connectivity index (χ3n) is 4.74. The molecule has 0 bridgehead atoms. The summed E-state index contributed by atoms with van der Waals surface area (Å²) >= 11 is 0. The van der Waals surface area contributed by atoms with Crippen molar-refractivity contribution >= 4 is 17.6 Å². The van der Waals surface area contributed by atoms with E-state index in [0.29, 0.717) is 19.5 Å². The molecule has 2 saturated heterocycles. The van der Waals surface area contributed by atoms with Crippen molar-refractivity contribution in [2.75, 3.05) is 37.6 Å². The van der Waals surface area contributed by atoms with Crippen LogP contribution >= 0.6 is 0 Å². The number of para-hydroxylation sites is 1. The average molecular weight is 330 g/mol. The second-order valence-corrected chi connectivity index (χ2v) is 6.47. The highest BCUT2D eigenvalue weighted by Crippen LogP contribution is 2.20. The molecule has 0 radical (unpaired) electrons. The molecule has 6 heteroatoms. The monoisotopic (exact) mass is 330 g/mol. The Balaban J connectivity index is 1.41. The molecular weight excluding hydrogens is 304 g/mol. The van der Waals surface area contributed by atoms with Crippen LogP contribution in [0, 0.1) is 0 Å². The summed E-state index contributed by atoms with van der Waals surface area (Å²) in [6.45, 7) is 4.38. The molecule has 0 saturated carbocycles. The molecule has 1 unspecified atom stereocenters. The molecule has 0 spiro atoms. The molecule has 130 valence electrons. The van der Waals surface area contributed by atoms with Gasteiger partial charge in [0.15, 0.2) is 0 Å². The van der Waals surface area contributed by atoms with Crippen LogP contribution < -0.4 is 15.5 Å². The van der Waals surface area contributed by atoms with Gasteiger partial charge < -0.3 is 20.4 Å². The first-order valence-electron chi connectivity index (χ1n) is 8.87. The van der Waals surface area contributed by atoms with Crippen LogP contribution in [0.4, 0.5) is 10.5 Å². The highest BCUT2D eigenvalue weighted by molar-refractivity contribution is 6.01. The van der Waals surface area contributed by atoms with Crippen molar-refractivity contribution < 1.29 is 9.59 Å². The first kappa shape index (κ1) is 16.8. The molecule has 3 rings (SSSR count). The number of hydrogen-bond acceptors (Lipinski definition) is 3. The largest absolute Gasteiger partial charge is 0.337 e. The van der Waals surface area contributed by atoms with Gasteiger partial charge in [-0.3, -0.25) is 4.79 Å². The van der Waals surface area contributed by atoms with E-state index in [0.717, 1.165) is 25.3 Å². The van der Waals surface area contributed by atoms with Crippen LogP contribution in [0.3, 0.4) is 0 Å². The molecule has 3 amide bonds. The Morgan fingerprint density at radius 1 is 1.08 bits per heavy atom. The fourth-order valence-electron chi connectivity index (χ4n) is 3.40. The maximum absolute atomic E-state index is 12.4. The summed E-state index contributed by atoms with van der Waals surface area (Å²) in [5.41, 5.74) is 0.886. The number of nitrogens with one attached hydrogen (secondary N) is 2. The molecule has 0 aliphatic carbocycles. The van der Waals surface area contributed by atoms with Crippen molar-refractivity contribution in [2.45, 2.75) is 31.7 Å². The molecule has 6 nitrogen and oxygen atoms in total. The van der Waals surface area contributed by atoms with Crippen LogP contribution in [0.15, 0.2) is 30.3 Å². The van der Waals surface area contributed by atoms with Gasteiger partial charge in [0.05, 0.1) is 0 Å². The Morgan fingerprint density at radius 2 is 1.83 bits per heavy atom. The zero-order valence-corrected chi connectivity index (χ0v) is 14.0. The minimum Gasteiger partial charge on any atom is -0.337 e. The van der Waals surface area contributed by atoms with Gasteiger partial charge in [-0.15, -0.1) is 0 Å². The molecule has 1 atom stereocenters. The average Bonchev–Trinajstić information content (AvgIpc) is 2.97. The molecule has 2 heterocycles. The van der Waals surface area contributed by atoms with Crippen LogP contribution in [0.1, 0.15) is 25.7 Å². The van der Waals surface area contributed by atoms with Gasteiger partial charge in [0.1, 0.15) is 6.04 Å². The second-order valence-electron chi connectivity index (χ2n) is 6.47. The number of nitrogens with zero attached hydrogens (tertiary/aromatic N) is 2. The second kappa shape index (κ2) is 8.15. The molecule has 1 aromatic carbocycles. The Bertz CT molecular complexity index is 557. The highest BCUT2D eigenvalue weighted by atomic mass is 16.2. The maximum atomic E-state index is 12.4. The lowest BCUT2D eigenvalue weighted by molar-refractivity contribution is -0.118. The van der Waals surface area contributed by atoms with E-state index in [9.17, 15) is 9.59 Å². The first-order chi connectivity index (χ1) is 11.7. The van der Waals surface area contributed by atoms with Crippen LogP contribution in [0.2, 0.25) is 0 Å². The van der Waals surface area contributed by atoms with Crippen LogP contribution in [-0.2, 0) is 4.79 Å². The summed E-state index contributed by atoms with van der Waals surface area (Å²) in [5, 5.41) is 5.68. The number of urea groups is 1. The van der Waals surface area contributed by atoms with E-state index in [1.807, 2.05) is 30.3 Å². The van der Waals surface area contributed by atoms with E-state index in [-0.39, 0.29) is 11.9 Å². The van der Waals surface area contributed by atoms with E-state index in [1.165, 1.54) is 19.3 Å². The Labute approximate surface area is 143 Å². The summed E-state index contributed by atoms with van der Waals surface area (Å²) in [5.74, 6) is -0.0348. The standard InChI is InChI=1S/C18H26N4O2/c23-17-16(9-13-22(17)15-7-3-1-4-8-15)20-18(24)19-10-14-21-11-5-2-6-12-21/h1,3-4,7-8,16H,2,5-6,9-14H2,(H2,19,20,24). The normalized spacial score (nSPS) is 21.8. The topological polar surface area (TPSA) is 64.7 Å².